The molecule has 0 fully saturated rings. The van der Waals surface area contributed by atoms with Gasteiger partial charge in [0.1, 0.15) is 5.82 Å². The number of aryl methyl sites for hydroxylation is 1. The molecule has 1 N–H and O–H groups in total. The minimum absolute atomic E-state index is 0.164. The van der Waals surface area contributed by atoms with E-state index in [-0.39, 0.29) is 11.9 Å². The highest BCUT2D eigenvalue weighted by Crippen LogP contribution is 2.26. The first-order valence-corrected chi connectivity index (χ1v) is 7.22. The van der Waals surface area contributed by atoms with Gasteiger partial charge in [-0.15, -0.1) is 0 Å². The van der Waals surface area contributed by atoms with Crippen molar-refractivity contribution in [1.29, 1.82) is 0 Å². The third kappa shape index (κ3) is 2.77. The topological polar surface area (TPSA) is 56.1 Å². The van der Waals surface area contributed by atoms with Crippen LogP contribution >= 0.6 is 0 Å². The molecule has 2 heterocycles. The zero-order valence-electron chi connectivity index (χ0n) is 12.3. The van der Waals surface area contributed by atoms with E-state index in [0.717, 1.165) is 17.1 Å². The lowest BCUT2D eigenvalue weighted by Crippen LogP contribution is -2.34. The van der Waals surface area contributed by atoms with Crippen LogP contribution in [0.5, 0.6) is 0 Å². The fraction of sp³-hybridized carbons (Fsp3) is 0.375. The van der Waals surface area contributed by atoms with Crippen LogP contribution in [0.25, 0.3) is 11.3 Å². The Kier molecular flexibility index (Phi) is 3.64. The van der Waals surface area contributed by atoms with E-state index >= 15 is 0 Å². The molecule has 3 rings (SSSR count). The van der Waals surface area contributed by atoms with E-state index in [4.69, 9.17) is 4.74 Å². The molecule has 5 nitrogen and oxygen atoms in total. The largest absolute Gasteiger partial charge is 0.466 e. The minimum Gasteiger partial charge on any atom is -0.466 e. The number of ether oxygens (including phenoxy) is 1. The van der Waals surface area contributed by atoms with Crippen LogP contribution in [0, 0.1) is 12.8 Å². The van der Waals surface area contributed by atoms with Crippen LogP contribution < -0.4 is 5.32 Å². The maximum atomic E-state index is 11.8. The molecule has 1 aliphatic heterocycles. The lowest BCUT2D eigenvalue weighted by atomic mass is 10.1. The predicted molar refractivity (Wildman–Crippen MR) is 81.0 cm³/mol. The SMILES string of the molecule is CCOC(=O)C1CNc2cc(-c3ccc(C)cc3)nn2C1. The maximum Gasteiger partial charge on any atom is 0.312 e. The van der Waals surface area contributed by atoms with Crippen LogP contribution in [0.4, 0.5) is 5.82 Å². The number of carbonyl (C=O) groups is 1. The molecule has 2 aromatic rings. The lowest BCUT2D eigenvalue weighted by Gasteiger charge is -2.23. The second kappa shape index (κ2) is 5.60. The smallest absolute Gasteiger partial charge is 0.312 e. The van der Waals surface area contributed by atoms with Gasteiger partial charge in [-0.2, -0.15) is 5.10 Å². The van der Waals surface area contributed by atoms with Crippen molar-refractivity contribution in [2.45, 2.75) is 20.4 Å². The second-order valence-electron chi connectivity index (χ2n) is 5.29. The molecule has 5 heteroatoms. The highest BCUT2D eigenvalue weighted by molar-refractivity contribution is 5.74. The van der Waals surface area contributed by atoms with E-state index in [0.29, 0.717) is 19.7 Å². The Hall–Kier alpha value is -2.30. The van der Waals surface area contributed by atoms with Gasteiger partial charge in [0.25, 0.3) is 0 Å². The Bertz CT molecular complexity index is 646. The number of esters is 1. The van der Waals surface area contributed by atoms with E-state index in [1.54, 1.807) is 0 Å². The number of rotatable bonds is 3. The average Bonchev–Trinajstić information content (AvgIpc) is 2.91. The predicted octanol–water partition coefficient (Wildman–Crippen LogP) is 2.46. The molecule has 0 amide bonds. The molecule has 1 atom stereocenters. The number of aromatic nitrogens is 2. The molecule has 1 aliphatic rings. The summed E-state index contributed by atoms with van der Waals surface area (Å²) in [5.74, 6) is 0.609. The summed E-state index contributed by atoms with van der Waals surface area (Å²) < 4.78 is 6.93. The van der Waals surface area contributed by atoms with Gasteiger partial charge in [0.05, 0.1) is 24.8 Å². The first-order chi connectivity index (χ1) is 10.2. The van der Waals surface area contributed by atoms with E-state index in [2.05, 4.69) is 41.6 Å². The van der Waals surface area contributed by atoms with Crippen molar-refractivity contribution in [3.63, 3.8) is 0 Å². The molecule has 0 saturated carbocycles. The Balaban J connectivity index is 1.81. The lowest BCUT2D eigenvalue weighted by molar-refractivity contribution is -0.148. The van der Waals surface area contributed by atoms with Crippen LogP contribution in [-0.2, 0) is 16.1 Å². The molecule has 0 bridgehead atoms. The normalized spacial score (nSPS) is 17.0. The van der Waals surface area contributed by atoms with Gasteiger partial charge in [-0.25, -0.2) is 4.68 Å². The third-order valence-electron chi connectivity index (χ3n) is 3.67. The van der Waals surface area contributed by atoms with Crippen LogP contribution in [0.15, 0.2) is 30.3 Å². The first-order valence-electron chi connectivity index (χ1n) is 7.22. The maximum absolute atomic E-state index is 11.8. The Labute approximate surface area is 123 Å². The molecule has 0 radical (unpaired) electrons. The van der Waals surface area contributed by atoms with Crippen molar-refractivity contribution in [2.24, 2.45) is 5.92 Å². The molecule has 110 valence electrons. The summed E-state index contributed by atoms with van der Waals surface area (Å²) >= 11 is 0. The first kappa shape index (κ1) is 13.7. The summed E-state index contributed by atoms with van der Waals surface area (Å²) in [6, 6.07) is 10.3. The Morgan fingerprint density at radius 3 is 2.90 bits per heavy atom. The van der Waals surface area contributed by atoms with Crippen molar-refractivity contribution in [2.75, 3.05) is 18.5 Å². The molecular weight excluding hydrogens is 266 g/mol. The van der Waals surface area contributed by atoms with Crippen LogP contribution in [0.2, 0.25) is 0 Å². The molecule has 0 spiro atoms. The van der Waals surface area contributed by atoms with Crippen molar-refractivity contribution >= 4 is 11.8 Å². The van der Waals surface area contributed by atoms with E-state index in [9.17, 15) is 4.79 Å². The molecule has 1 aromatic carbocycles. The van der Waals surface area contributed by atoms with Gasteiger partial charge in [-0.05, 0) is 13.8 Å². The number of nitrogens with one attached hydrogen (secondary N) is 1. The summed E-state index contributed by atoms with van der Waals surface area (Å²) in [5, 5.41) is 7.84. The van der Waals surface area contributed by atoms with Crippen LogP contribution in [0.1, 0.15) is 12.5 Å². The quantitative estimate of drug-likeness (QED) is 0.880. The summed E-state index contributed by atoms with van der Waals surface area (Å²) in [6.07, 6.45) is 0. The zero-order valence-corrected chi connectivity index (χ0v) is 12.3. The standard InChI is InChI=1S/C16H19N3O2/c1-3-21-16(20)13-9-17-15-8-14(18-19(15)10-13)12-6-4-11(2)5-7-12/h4-8,13,17H,3,9-10H2,1-2H3. The highest BCUT2D eigenvalue weighted by Gasteiger charge is 2.26. The summed E-state index contributed by atoms with van der Waals surface area (Å²) in [4.78, 5) is 11.8. The van der Waals surface area contributed by atoms with Gasteiger partial charge in [-0.3, -0.25) is 4.79 Å². The van der Waals surface area contributed by atoms with Crippen molar-refractivity contribution in [3.05, 3.63) is 35.9 Å². The number of nitrogens with zero attached hydrogens (tertiary/aromatic N) is 2. The number of anilines is 1. The van der Waals surface area contributed by atoms with Crippen LogP contribution in [0.3, 0.4) is 0 Å². The molecule has 1 unspecified atom stereocenters. The second-order valence-corrected chi connectivity index (χ2v) is 5.29. The number of benzene rings is 1. The minimum atomic E-state index is -0.178. The fourth-order valence-corrected chi connectivity index (χ4v) is 2.48. The molecule has 1 aromatic heterocycles. The average molecular weight is 285 g/mol. The van der Waals surface area contributed by atoms with Gasteiger partial charge < -0.3 is 10.1 Å². The zero-order chi connectivity index (χ0) is 14.8. The molecular formula is C16H19N3O2. The Morgan fingerprint density at radius 1 is 1.43 bits per heavy atom. The van der Waals surface area contributed by atoms with Crippen molar-refractivity contribution < 1.29 is 9.53 Å². The monoisotopic (exact) mass is 285 g/mol. The molecule has 0 saturated heterocycles. The summed E-state index contributed by atoms with van der Waals surface area (Å²) in [6.45, 7) is 5.46. The number of fused-ring (bicyclic) bond motifs is 1. The van der Waals surface area contributed by atoms with Crippen molar-refractivity contribution in [3.8, 4) is 11.3 Å². The molecule has 21 heavy (non-hydrogen) atoms. The van der Waals surface area contributed by atoms with E-state index in [1.165, 1.54) is 5.56 Å². The summed E-state index contributed by atoms with van der Waals surface area (Å²) in [7, 11) is 0. The summed E-state index contributed by atoms with van der Waals surface area (Å²) in [5.41, 5.74) is 3.22. The fourth-order valence-electron chi connectivity index (χ4n) is 2.48. The van der Waals surface area contributed by atoms with Crippen molar-refractivity contribution in [1.82, 2.24) is 9.78 Å². The number of hydrogen-bond donors (Lipinski definition) is 1. The Morgan fingerprint density at radius 2 is 2.19 bits per heavy atom. The van der Waals surface area contributed by atoms with Gasteiger partial charge in [0.15, 0.2) is 0 Å². The third-order valence-corrected chi connectivity index (χ3v) is 3.67. The number of carbonyl (C=O) groups excluding carboxylic acids is 1. The van der Waals surface area contributed by atoms with Gasteiger partial charge in [0, 0.05) is 18.2 Å². The molecule has 0 aliphatic carbocycles. The van der Waals surface area contributed by atoms with E-state index < -0.39 is 0 Å². The highest BCUT2D eigenvalue weighted by atomic mass is 16.5. The number of hydrogen-bond acceptors (Lipinski definition) is 4. The van der Waals surface area contributed by atoms with E-state index in [1.807, 2.05) is 17.7 Å². The van der Waals surface area contributed by atoms with Gasteiger partial charge >= 0.3 is 5.97 Å². The van der Waals surface area contributed by atoms with Gasteiger partial charge in [0.2, 0.25) is 0 Å². The van der Waals surface area contributed by atoms with Gasteiger partial charge in [-0.1, -0.05) is 29.8 Å². The van der Waals surface area contributed by atoms with Crippen LogP contribution in [-0.4, -0.2) is 28.9 Å².